The van der Waals surface area contributed by atoms with Crippen LogP contribution in [0.5, 0.6) is 0 Å². The van der Waals surface area contributed by atoms with Crippen LogP contribution in [0.15, 0.2) is 48.5 Å². The number of carbonyl (C=O) groups excluding carboxylic acids is 2. The Kier molecular flexibility index (Phi) is 6.67. The molecule has 174 valence electrons. The van der Waals surface area contributed by atoms with Crippen LogP contribution in [0, 0.1) is 0 Å². The number of fused-ring (bicyclic) bond motifs is 3. The topological polar surface area (TPSA) is 105 Å². The highest BCUT2D eigenvalue weighted by atomic mass is 16.5. The molecule has 3 N–H and O–H groups in total. The molecule has 0 bridgehead atoms. The first-order valence-electron chi connectivity index (χ1n) is 11.5. The average molecular weight is 451 g/mol. The van der Waals surface area contributed by atoms with Gasteiger partial charge in [0.05, 0.1) is 12.0 Å². The zero-order valence-corrected chi connectivity index (χ0v) is 18.8. The van der Waals surface area contributed by atoms with Crippen LogP contribution < -0.4 is 10.6 Å². The Hall–Kier alpha value is -3.35. The highest BCUT2D eigenvalue weighted by Gasteiger charge is 2.41. The lowest BCUT2D eigenvalue weighted by molar-refractivity contribution is -0.137. The fourth-order valence-corrected chi connectivity index (χ4v) is 4.89. The van der Waals surface area contributed by atoms with Crippen LogP contribution in [-0.4, -0.2) is 41.3 Å². The van der Waals surface area contributed by atoms with Gasteiger partial charge in [0.25, 0.3) is 0 Å². The minimum Gasteiger partial charge on any atom is -0.481 e. The van der Waals surface area contributed by atoms with E-state index >= 15 is 0 Å². The van der Waals surface area contributed by atoms with Crippen LogP contribution in [0.25, 0.3) is 11.1 Å². The summed E-state index contributed by atoms with van der Waals surface area (Å²) in [5, 5.41) is 14.7. The van der Waals surface area contributed by atoms with E-state index in [1.54, 1.807) is 0 Å². The lowest BCUT2D eigenvalue weighted by Gasteiger charge is -2.41. The van der Waals surface area contributed by atoms with E-state index in [1.807, 2.05) is 31.2 Å². The van der Waals surface area contributed by atoms with E-state index in [1.165, 1.54) is 11.1 Å². The number of rotatable bonds is 9. The second-order valence-electron chi connectivity index (χ2n) is 9.03. The summed E-state index contributed by atoms with van der Waals surface area (Å²) in [5.74, 6) is -1.22. The lowest BCUT2D eigenvalue weighted by atomic mass is 9.74. The quantitative estimate of drug-likeness (QED) is 0.531. The highest BCUT2D eigenvalue weighted by molar-refractivity contribution is 5.81. The molecule has 0 radical (unpaired) electrons. The molecule has 0 unspecified atom stereocenters. The van der Waals surface area contributed by atoms with Crippen LogP contribution in [-0.2, 0) is 14.3 Å². The largest absolute Gasteiger partial charge is 0.481 e. The predicted molar refractivity (Wildman–Crippen MR) is 124 cm³/mol. The van der Waals surface area contributed by atoms with E-state index < -0.39 is 23.6 Å². The third-order valence-electron chi connectivity index (χ3n) is 6.80. The van der Waals surface area contributed by atoms with Gasteiger partial charge in [-0.1, -0.05) is 55.5 Å². The van der Waals surface area contributed by atoms with Gasteiger partial charge in [0.2, 0.25) is 5.91 Å². The monoisotopic (exact) mass is 450 g/mol. The average Bonchev–Trinajstić information content (AvgIpc) is 3.09. The Balaban J connectivity index is 1.35. The van der Waals surface area contributed by atoms with Gasteiger partial charge in [0.1, 0.15) is 6.61 Å². The van der Waals surface area contributed by atoms with Gasteiger partial charge in [0.15, 0.2) is 0 Å². The van der Waals surface area contributed by atoms with E-state index in [2.05, 4.69) is 34.9 Å². The van der Waals surface area contributed by atoms with Crippen molar-refractivity contribution in [1.29, 1.82) is 0 Å². The standard InChI is InChI=1S/C26H30N2O5/c1-2-17(14-24(30)31)27-23(29)15-26(12-7-13-26)28-25(32)33-16-22-20-10-5-3-8-18(20)19-9-4-6-11-21(19)22/h3-6,8-11,17,22H,2,7,12-16H2,1H3,(H,27,29)(H,28,32)(H,30,31)/t17-/m1/s1. The molecule has 33 heavy (non-hydrogen) atoms. The molecule has 0 aliphatic heterocycles. The molecular weight excluding hydrogens is 420 g/mol. The molecular formula is C26H30N2O5. The number of carboxylic acid groups (broad SMARTS) is 1. The molecule has 7 nitrogen and oxygen atoms in total. The van der Waals surface area contributed by atoms with E-state index in [4.69, 9.17) is 9.84 Å². The molecule has 0 saturated heterocycles. The number of benzene rings is 2. The van der Waals surface area contributed by atoms with Crippen LogP contribution in [0.4, 0.5) is 4.79 Å². The summed E-state index contributed by atoms with van der Waals surface area (Å²) in [7, 11) is 0. The van der Waals surface area contributed by atoms with Crippen molar-refractivity contribution >= 4 is 18.0 Å². The Bertz CT molecular complexity index is 1000. The van der Waals surface area contributed by atoms with Gasteiger partial charge in [-0.15, -0.1) is 0 Å². The summed E-state index contributed by atoms with van der Waals surface area (Å²) >= 11 is 0. The van der Waals surface area contributed by atoms with Crippen molar-refractivity contribution in [3.05, 3.63) is 59.7 Å². The summed E-state index contributed by atoms with van der Waals surface area (Å²) < 4.78 is 5.65. The molecule has 1 fully saturated rings. The zero-order chi connectivity index (χ0) is 23.4. The Morgan fingerprint density at radius 2 is 1.67 bits per heavy atom. The van der Waals surface area contributed by atoms with Gasteiger partial charge in [-0.2, -0.15) is 0 Å². The summed E-state index contributed by atoms with van der Waals surface area (Å²) in [4.78, 5) is 36.2. The first-order chi connectivity index (χ1) is 15.9. The van der Waals surface area contributed by atoms with Crippen LogP contribution in [0.3, 0.4) is 0 Å². The summed E-state index contributed by atoms with van der Waals surface area (Å²) in [6, 6.07) is 15.9. The minimum atomic E-state index is -0.947. The third kappa shape index (κ3) is 5.02. The summed E-state index contributed by atoms with van der Waals surface area (Å²) in [6.07, 6.45) is 2.32. The van der Waals surface area contributed by atoms with Crippen molar-refractivity contribution in [2.75, 3.05) is 6.61 Å². The number of hydrogen-bond acceptors (Lipinski definition) is 4. The van der Waals surface area contributed by atoms with Gasteiger partial charge in [0, 0.05) is 18.4 Å². The SMILES string of the molecule is CC[C@H](CC(=O)O)NC(=O)CC1(NC(=O)OCC2c3ccccc3-c3ccccc32)CCC1. The third-order valence-corrected chi connectivity index (χ3v) is 6.80. The summed E-state index contributed by atoms with van der Waals surface area (Å²) in [6.45, 7) is 2.06. The Morgan fingerprint density at radius 1 is 1.06 bits per heavy atom. The number of alkyl carbamates (subject to hydrolysis) is 1. The Morgan fingerprint density at radius 3 is 2.18 bits per heavy atom. The van der Waals surface area contributed by atoms with Crippen molar-refractivity contribution in [2.45, 2.75) is 62.9 Å². The zero-order valence-electron chi connectivity index (χ0n) is 18.8. The van der Waals surface area contributed by atoms with Gasteiger partial charge in [-0.25, -0.2) is 4.79 Å². The number of carbonyl (C=O) groups is 3. The lowest BCUT2D eigenvalue weighted by Crippen LogP contribution is -2.56. The van der Waals surface area contributed by atoms with Gasteiger partial charge in [-0.3, -0.25) is 9.59 Å². The number of nitrogens with one attached hydrogen (secondary N) is 2. The molecule has 2 aliphatic carbocycles. The van der Waals surface area contributed by atoms with Gasteiger partial charge < -0.3 is 20.5 Å². The molecule has 4 rings (SSSR count). The second kappa shape index (κ2) is 9.65. The maximum absolute atomic E-state index is 12.7. The van der Waals surface area contributed by atoms with Crippen molar-refractivity contribution in [1.82, 2.24) is 10.6 Å². The van der Waals surface area contributed by atoms with E-state index in [0.717, 1.165) is 17.5 Å². The minimum absolute atomic E-state index is 0.0230. The molecule has 2 aliphatic rings. The molecule has 1 atom stereocenters. The molecule has 0 spiro atoms. The van der Waals surface area contributed by atoms with Crippen molar-refractivity contribution < 1.29 is 24.2 Å². The van der Waals surface area contributed by atoms with Crippen molar-refractivity contribution in [3.8, 4) is 11.1 Å². The molecule has 1 saturated carbocycles. The first-order valence-corrected chi connectivity index (χ1v) is 11.5. The summed E-state index contributed by atoms with van der Waals surface area (Å²) in [5.41, 5.74) is 4.00. The molecule has 2 aromatic carbocycles. The maximum atomic E-state index is 12.7. The first kappa shape index (κ1) is 22.8. The Labute approximate surface area is 193 Å². The van der Waals surface area contributed by atoms with Crippen LogP contribution in [0.1, 0.15) is 62.5 Å². The number of amides is 2. The number of aliphatic carboxylic acids is 1. The molecule has 0 aromatic heterocycles. The number of ether oxygens (including phenoxy) is 1. The van der Waals surface area contributed by atoms with Gasteiger partial charge in [-0.05, 0) is 47.9 Å². The van der Waals surface area contributed by atoms with E-state index in [-0.39, 0.29) is 31.3 Å². The van der Waals surface area contributed by atoms with Crippen LogP contribution in [0.2, 0.25) is 0 Å². The normalized spacial score (nSPS) is 16.6. The molecule has 2 amide bonds. The van der Waals surface area contributed by atoms with Crippen molar-refractivity contribution in [2.24, 2.45) is 0 Å². The van der Waals surface area contributed by atoms with Crippen LogP contribution >= 0.6 is 0 Å². The van der Waals surface area contributed by atoms with E-state index in [0.29, 0.717) is 19.3 Å². The fourth-order valence-electron chi connectivity index (χ4n) is 4.89. The van der Waals surface area contributed by atoms with Gasteiger partial charge >= 0.3 is 12.1 Å². The molecule has 2 aromatic rings. The highest BCUT2D eigenvalue weighted by Crippen LogP contribution is 2.44. The maximum Gasteiger partial charge on any atom is 0.407 e. The second-order valence-corrected chi connectivity index (χ2v) is 9.03. The fraction of sp³-hybridized carbons (Fsp3) is 0.423. The number of carboxylic acids is 1. The number of hydrogen-bond donors (Lipinski definition) is 3. The van der Waals surface area contributed by atoms with E-state index in [9.17, 15) is 14.4 Å². The molecule has 7 heteroatoms. The smallest absolute Gasteiger partial charge is 0.407 e. The van der Waals surface area contributed by atoms with Crippen molar-refractivity contribution in [3.63, 3.8) is 0 Å². The molecule has 0 heterocycles. The predicted octanol–water partition coefficient (Wildman–Crippen LogP) is 4.21.